The summed E-state index contributed by atoms with van der Waals surface area (Å²) in [5, 5.41) is 3.78. The maximum atomic E-state index is 12.6. The molecule has 1 unspecified atom stereocenters. The smallest absolute Gasteiger partial charge is 0.278 e. The van der Waals surface area contributed by atoms with E-state index in [1.54, 1.807) is 0 Å². The van der Waals surface area contributed by atoms with E-state index in [1.165, 1.54) is 10.9 Å². The minimum absolute atomic E-state index is 0.0273. The molecular formula is C17H20N4O2. The third kappa shape index (κ3) is 2.84. The molecule has 3 aromatic rings. The summed E-state index contributed by atoms with van der Waals surface area (Å²) in [6.07, 6.45) is 2.29. The molecule has 0 saturated carbocycles. The first-order valence-corrected chi connectivity index (χ1v) is 7.76. The number of hydrogen-bond acceptors (Lipinski definition) is 3. The van der Waals surface area contributed by atoms with Gasteiger partial charge in [0.25, 0.3) is 5.56 Å². The Morgan fingerprint density at radius 1 is 1.43 bits per heavy atom. The largest absolute Gasteiger partial charge is 0.352 e. The van der Waals surface area contributed by atoms with Crippen LogP contribution in [0, 0.1) is 6.92 Å². The van der Waals surface area contributed by atoms with Gasteiger partial charge in [-0.1, -0.05) is 18.6 Å². The minimum atomic E-state index is -0.233. The highest BCUT2D eigenvalue weighted by Crippen LogP contribution is 2.22. The summed E-state index contributed by atoms with van der Waals surface area (Å²) < 4.78 is 1.34. The fourth-order valence-electron chi connectivity index (χ4n) is 2.59. The van der Waals surface area contributed by atoms with Gasteiger partial charge in [0.2, 0.25) is 5.91 Å². The summed E-state index contributed by atoms with van der Waals surface area (Å²) in [5.41, 5.74) is 2.83. The number of aromatic amines is 1. The van der Waals surface area contributed by atoms with Crippen LogP contribution >= 0.6 is 0 Å². The molecule has 1 amide bonds. The molecule has 2 aromatic heterocycles. The van der Waals surface area contributed by atoms with Gasteiger partial charge in [0, 0.05) is 16.9 Å². The van der Waals surface area contributed by atoms with Gasteiger partial charge in [-0.25, -0.2) is 4.98 Å². The number of benzene rings is 1. The van der Waals surface area contributed by atoms with Crippen molar-refractivity contribution in [3.8, 4) is 0 Å². The molecule has 0 fully saturated rings. The van der Waals surface area contributed by atoms with Crippen LogP contribution in [0.3, 0.4) is 0 Å². The molecule has 0 spiro atoms. The van der Waals surface area contributed by atoms with Crippen molar-refractivity contribution < 1.29 is 4.79 Å². The van der Waals surface area contributed by atoms with Crippen molar-refractivity contribution in [1.82, 2.24) is 19.9 Å². The zero-order chi connectivity index (χ0) is 16.6. The van der Waals surface area contributed by atoms with Gasteiger partial charge in [-0.15, -0.1) is 0 Å². The summed E-state index contributed by atoms with van der Waals surface area (Å²) in [4.78, 5) is 32.1. The van der Waals surface area contributed by atoms with E-state index in [0.717, 1.165) is 22.9 Å². The molecule has 0 aliphatic heterocycles. The maximum Gasteiger partial charge on any atom is 0.278 e. The third-order valence-electron chi connectivity index (χ3n) is 4.06. The minimum Gasteiger partial charge on any atom is -0.352 e. The van der Waals surface area contributed by atoms with Crippen molar-refractivity contribution in [3.63, 3.8) is 0 Å². The summed E-state index contributed by atoms with van der Waals surface area (Å²) in [6.45, 7) is 5.90. The van der Waals surface area contributed by atoms with Crippen LogP contribution in [0.15, 0.2) is 29.3 Å². The van der Waals surface area contributed by atoms with Gasteiger partial charge in [-0.3, -0.25) is 14.2 Å². The Bertz CT molecular complexity index is 939. The number of hydrogen-bond donors (Lipinski definition) is 2. The Labute approximate surface area is 133 Å². The Morgan fingerprint density at radius 2 is 2.22 bits per heavy atom. The van der Waals surface area contributed by atoms with Crippen molar-refractivity contribution in [3.05, 3.63) is 40.4 Å². The Kier molecular flexibility index (Phi) is 3.90. The second kappa shape index (κ2) is 5.87. The number of aromatic nitrogens is 3. The molecule has 23 heavy (non-hydrogen) atoms. The van der Waals surface area contributed by atoms with Gasteiger partial charge < -0.3 is 10.3 Å². The van der Waals surface area contributed by atoms with Crippen LogP contribution in [0.2, 0.25) is 0 Å². The molecular weight excluding hydrogens is 292 g/mol. The number of fused-ring (bicyclic) bond motifs is 3. The Morgan fingerprint density at radius 3 is 2.96 bits per heavy atom. The first kappa shape index (κ1) is 15.3. The van der Waals surface area contributed by atoms with Crippen LogP contribution in [0.1, 0.15) is 25.8 Å². The van der Waals surface area contributed by atoms with Crippen LogP contribution in [0.5, 0.6) is 0 Å². The van der Waals surface area contributed by atoms with E-state index in [2.05, 4.69) is 15.3 Å². The molecule has 1 atom stereocenters. The van der Waals surface area contributed by atoms with Crippen molar-refractivity contribution >= 4 is 27.8 Å². The Balaban J connectivity index is 2.01. The van der Waals surface area contributed by atoms with E-state index in [0.29, 0.717) is 11.0 Å². The fraction of sp³-hybridized carbons (Fsp3) is 0.353. The van der Waals surface area contributed by atoms with Crippen molar-refractivity contribution in [2.75, 3.05) is 0 Å². The number of rotatable bonds is 4. The number of amides is 1. The maximum absolute atomic E-state index is 12.6. The van der Waals surface area contributed by atoms with E-state index < -0.39 is 0 Å². The molecule has 120 valence electrons. The topological polar surface area (TPSA) is 79.8 Å². The van der Waals surface area contributed by atoms with E-state index >= 15 is 0 Å². The number of aryl methyl sites for hydroxylation is 1. The zero-order valence-corrected chi connectivity index (χ0v) is 13.5. The quantitative estimate of drug-likeness (QED) is 0.774. The summed E-state index contributed by atoms with van der Waals surface area (Å²) in [6, 6.07) is 6.01. The summed E-state index contributed by atoms with van der Waals surface area (Å²) in [7, 11) is 0. The predicted octanol–water partition coefficient (Wildman–Crippen LogP) is 2.10. The molecule has 0 aliphatic carbocycles. The normalized spacial score (nSPS) is 12.7. The summed E-state index contributed by atoms with van der Waals surface area (Å²) in [5.74, 6) is -0.186. The lowest BCUT2D eigenvalue weighted by Crippen LogP contribution is -2.37. The van der Waals surface area contributed by atoms with Crippen LogP contribution in [0.25, 0.3) is 21.9 Å². The molecule has 6 heteroatoms. The molecule has 3 rings (SSSR count). The van der Waals surface area contributed by atoms with Gasteiger partial charge in [-0.05, 0) is 32.4 Å². The number of nitrogens with one attached hydrogen (secondary N) is 2. The fourth-order valence-corrected chi connectivity index (χ4v) is 2.59. The second-order valence-corrected chi connectivity index (χ2v) is 5.95. The van der Waals surface area contributed by atoms with E-state index in [-0.39, 0.29) is 24.1 Å². The molecule has 0 aliphatic rings. The first-order chi connectivity index (χ1) is 11.0. The standard InChI is InChI=1S/C17H20N4O2/c1-4-11(3)19-14(22)8-21-9-18-15-12-7-10(2)5-6-13(12)20-16(15)17(21)23/h5-7,9,11,20H,4,8H2,1-3H3,(H,19,22). The lowest BCUT2D eigenvalue weighted by Gasteiger charge is -2.11. The van der Waals surface area contributed by atoms with Crippen LogP contribution in [-0.4, -0.2) is 26.5 Å². The molecule has 2 N–H and O–H groups in total. The van der Waals surface area contributed by atoms with E-state index in [9.17, 15) is 9.59 Å². The molecule has 6 nitrogen and oxygen atoms in total. The summed E-state index contributed by atoms with van der Waals surface area (Å²) >= 11 is 0. The average Bonchev–Trinajstić information content (AvgIpc) is 2.88. The number of carbonyl (C=O) groups is 1. The highest BCUT2D eigenvalue weighted by atomic mass is 16.2. The number of H-pyrrole nitrogens is 1. The molecule has 1 aromatic carbocycles. The monoisotopic (exact) mass is 312 g/mol. The van der Waals surface area contributed by atoms with Crippen LogP contribution in [0.4, 0.5) is 0 Å². The van der Waals surface area contributed by atoms with E-state index in [4.69, 9.17) is 0 Å². The average molecular weight is 312 g/mol. The van der Waals surface area contributed by atoms with Crippen LogP contribution < -0.4 is 10.9 Å². The van der Waals surface area contributed by atoms with Gasteiger partial charge in [0.1, 0.15) is 17.6 Å². The third-order valence-corrected chi connectivity index (χ3v) is 4.06. The highest BCUT2D eigenvalue weighted by Gasteiger charge is 2.13. The Hall–Kier alpha value is -2.63. The second-order valence-electron chi connectivity index (χ2n) is 5.95. The molecule has 0 bridgehead atoms. The van der Waals surface area contributed by atoms with Crippen molar-refractivity contribution in [2.45, 2.75) is 39.8 Å². The molecule has 0 saturated heterocycles. The van der Waals surface area contributed by atoms with Gasteiger partial charge in [0.15, 0.2) is 0 Å². The zero-order valence-electron chi connectivity index (χ0n) is 13.5. The number of nitrogens with zero attached hydrogens (tertiary/aromatic N) is 2. The lowest BCUT2D eigenvalue weighted by molar-refractivity contribution is -0.122. The SMILES string of the molecule is CCC(C)NC(=O)Cn1cnc2c([nH]c3ccc(C)cc32)c1=O. The van der Waals surface area contributed by atoms with Gasteiger partial charge in [-0.2, -0.15) is 0 Å². The molecule has 2 heterocycles. The van der Waals surface area contributed by atoms with Gasteiger partial charge in [0.05, 0.1) is 6.33 Å². The predicted molar refractivity (Wildman–Crippen MR) is 90.5 cm³/mol. The van der Waals surface area contributed by atoms with Gasteiger partial charge >= 0.3 is 0 Å². The van der Waals surface area contributed by atoms with E-state index in [1.807, 2.05) is 39.0 Å². The van der Waals surface area contributed by atoms with Crippen molar-refractivity contribution in [1.29, 1.82) is 0 Å². The van der Waals surface area contributed by atoms with Crippen molar-refractivity contribution in [2.24, 2.45) is 0 Å². The van der Waals surface area contributed by atoms with Crippen LogP contribution in [-0.2, 0) is 11.3 Å². The first-order valence-electron chi connectivity index (χ1n) is 7.76. The lowest BCUT2D eigenvalue weighted by atomic mass is 10.2. The highest BCUT2D eigenvalue weighted by molar-refractivity contribution is 6.04. The molecule has 0 radical (unpaired) electrons. The number of carbonyl (C=O) groups excluding carboxylic acids is 1.